The van der Waals surface area contributed by atoms with Crippen molar-refractivity contribution in [2.75, 3.05) is 5.73 Å². The maximum absolute atomic E-state index is 9.07. The van der Waals surface area contributed by atoms with Gasteiger partial charge in [0.05, 0.1) is 5.56 Å². The van der Waals surface area contributed by atoms with E-state index < -0.39 is 0 Å². The van der Waals surface area contributed by atoms with Crippen LogP contribution in [0, 0.1) is 25.2 Å². The molecule has 4 heteroatoms. The summed E-state index contributed by atoms with van der Waals surface area (Å²) in [5.41, 5.74) is 9.64. The van der Waals surface area contributed by atoms with Crippen LogP contribution in [0.15, 0.2) is 24.4 Å². The zero-order chi connectivity index (χ0) is 13.1. The molecule has 2 aromatic heterocycles. The van der Waals surface area contributed by atoms with Crippen LogP contribution in [0.4, 0.5) is 5.82 Å². The van der Waals surface area contributed by atoms with Gasteiger partial charge in [0.25, 0.3) is 0 Å². The van der Waals surface area contributed by atoms with Crippen molar-refractivity contribution in [3.63, 3.8) is 0 Å². The smallest absolute Gasteiger partial charge is 0.122 e. The monoisotopic (exact) mass is 240 g/mol. The number of nitrogens with two attached hydrogens (primary N) is 1. The van der Waals surface area contributed by atoms with Crippen molar-refractivity contribution in [1.29, 1.82) is 5.26 Å². The fraction of sp³-hybridized carbons (Fsp3) is 0.286. The van der Waals surface area contributed by atoms with Gasteiger partial charge in [-0.05, 0) is 31.5 Å². The van der Waals surface area contributed by atoms with Crippen molar-refractivity contribution in [2.24, 2.45) is 0 Å². The lowest BCUT2D eigenvalue weighted by molar-refractivity contribution is 0.678. The zero-order valence-corrected chi connectivity index (χ0v) is 10.6. The largest absolute Gasteiger partial charge is 0.384 e. The molecule has 0 amide bonds. The third kappa shape index (κ3) is 2.07. The predicted molar refractivity (Wildman–Crippen MR) is 71.0 cm³/mol. The zero-order valence-electron chi connectivity index (χ0n) is 10.6. The molecule has 2 aromatic rings. The molecule has 0 fully saturated rings. The molecule has 2 N–H and O–H groups in total. The highest BCUT2D eigenvalue weighted by atomic mass is 15.1. The number of anilines is 1. The third-order valence-electron chi connectivity index (χ3n) is 3.30. The second kappa shape index (κ2) is 4.92. The second-order valence-electron chi connectivity index (χ2n) is 4.31. The number of hydrogen-bond donors (Lipinski definition) is 1. The summed E-state index contributed by atoms with van der Waals surface area (Å²) in [5.74, 6) is 0.559. The number of nitriles is 1. The molecular weight excluding hydrogens is 224 g/mol. The van der Waals surface area contributed by atoms with E-state index in [9.17, 15) is 0 Å². The Morgan fingerprint density at radius 2 is 2.17 bits per heavy atom. The van der Waals surface area contributed by atoms with Gasteiger partial charge in [0.15, 0.2) is 0 Å². The molecule has 0 saturated heterocycles. The number of hydrogen-bond acceptors (Lipinski definition) is 3. The van der Waals surface area contributed by atoms with Crippen LogP contribution in [0.1, 0.15) is 22.5 Å². The first-order chi connectivity index (χ1) is 8.65. The summed E-state index contributed by atoms with van der Waals surface area (Å²) in [7, 11) is 0. The lowest BCUT2D eigenvalue weighted by Gasteiger charge is -2.08. The number of nitrogens with zero attached hydrogens (tertiary/aromatic N) is 3. The number of pyridine rings is 1. The van der Waals surface area contributed by atoms with Crippen LogP contribution in [-0.4, -0.2) is 9.55 Å². The highest BCUT2D eigenvalue weighted by Gasteiger charge is 2.14. The quantitative estimate of drug-likeness (QED) is 0.894. The molecule has 0 bridgehead atoms. The molecule has 0 aromatic carbocycles. The maximum Gasteiger partial charge on any atom is 0.122 e. The Morgan fingerprint density at radius 3 is 2.72 bits per heavy atom. The highest BCUT2D eigenvalue weighted by molar-refractivity contribution is 5.57. The summed E-state index contributed by atoms with van der Waals surface area (Å²) in [6, 6.07) is 8.03. The first-order valence-electron chi connectivity index (χ1n) is 5.90. The summed E-state index contributed by atoms with van der Waals surface area (Å²) in [5, 5.41) is 9.07. The standard InChI is InChI=1S/C14H16N4/c1-10-11(2)18(14(16)13(10)9-15)8-6-12-5-3-4-7-17-12/h3-5,7H,6,8,16H2,1-2H3. The topological polar surface area (TPSA) is 67.6 Å². The number of rotatable bonds is 3. The molecule has 2 rings (SSSR count). The lowest BCUT2D eigenvalue weighted by atomic mass is 10.2. The Morgan fingerprint density at radius 1 is 1.39 bits per heavy atom. The molecule has 0 spiro atoms. The first kappa shape index (κ1) is 12.2. The molecule has 0 unspecified atom stereocenters. The first-order valence-corrected chi connectivity index (χ1v) is 5.90. The molecular formula is C14H16N4. The van der Waals surface area contributed by atoms with Gasteiger partial charge in [0, 0.05) is 30.6 Å². The van der Waals surface area contributed by atoms with Crippen molar-refractivity contribution in [3.05, 3.63) is 46.9 Å². The Labute approximate surface area is 107 Å². The van der Waals surface area contributed by atoms with Crippen molar-refractivity contribution < 1.29 is 0 Å². The van der Waals surface area contributed by atoms with Crippen LogP contribution in [0.25, 0.3) is 0 Å². The van der Waals surface area contributed by atoms with Crippen molar-refractivity contribution in [2.45, 2.75) is 26.8 Å². The van der Waals surface area contributed by atoms with E-state index in [-0.39, 0.29) is 0 Å². The molecule has 0 aliphatic heterocycles. The van der Waals surface area contributed by atoms with Crippen LogP contribution >= 0.6 is 0 Å². The van der Waals surface area contributed by atoms with Gasteiger partial charge >= 0.3 is 0 Å². The summed E-state index contributed by atoms with van der Waals surface area (Å²) in [4.78, 5) is 4.28. The molecule has 18 heavy (non-hydrogen) atoms. The Balaban J connectivity index is 2.23. The molecule has 0 aliphatic rings. The maximum atomic E-state index is 9.07. The average Bonchev–Trinajstić information content (AvgIpc) is 2.60. The highest BCUT2D eigenvalue weighted by Crippen LogP contribution is 2.23. The minimum absolute atomic E-state index is 0.559. The Hall–Kier alpha value is -2.28. The Kier molecular flexibility index (Phi) is 3.33. The molecule has 0 atom stereocenters. The van der Waals surface area contributed by atoms with E-state index in [0.29, 0.717) is 11.4 Å². The van der Waals surface area contributed by atoms with E-state index in [1.54, 1.807) is 6.20 Å². The summed E-state index contributed by atoms with van der Waals surface area (Å²) < 4.78 is 1.99. The van der Waals surface area contributed by atoms with Crippen LogP contribution in [0.2, 0.25) is 0 Å². The van der Waals surface area contributed by atoms with Crippen LogP contribution in [0.5, 0.6) is 0 Å². The number of aromatic nitrogens is 2. The lowest BCUT2D eigenvalue weighted by Crippen LogP contribution is -2.08. The van der Waals surface area contributed by atoms with E-state index >= 15 is 0 Å². The molecule has 0 saturated carbocycles. The third-order valence-corrected chi connectivity index (χ3v) is 3.30. The van der Waals surface area contributed by atoms with Crippen LogP contribution in [-0.2, 0) is 13.0 Å². The number of nitrogen functional groups attached to an aromatic ring is 1. The van der Waals surface area contributed by atoms with Gasteiger partial charge in [-0.15, -0.1) is 0 Å². The van der Waals surface area contributed by atoms with Gasteiger partial charge in [-0.3, -0.25) is 4.98 Å². The normalized spacial score (nSPS) is 10.3. The molecule has 2 heterocycles. The van der Waals surface area contributed by atoms with E-state index in [1.165, 1.54) is 0 Å². The van der Waals surface area contributed by atoms with Crippen molar-refractivity contribution in [1.82, 2.24) is 9.55 Å². The van der Waals surface area contributed by atoms with E-state index in [1.807, 2.05) is 36.6 Å². The fourth-order valence-corrected chi connectivity index (χ4v) is 2.09. The van der Waals surface area contributed by atoms with Gasteiger partial charge in [0.2, 0.25) is 0 Å². The SMILES string of the molecule is Cc1c(C#N)c(N)n(CCc2ccccn2)c1C. The Bertz CT molecular complexity index is 590. The van der Waals surface area contributed by atoms with Crippen LogP contribution < -0.4 is 5.73 Å². The van der Waals surface area contributed by atoms with Gasteiger partial charge in [-0.25, -0.2) is 0 Å². The molecule has 4 nitrogen and oxygen atoms in total. The van der Waals surface area contributed by atoms with E-state index in [2.05, 4.69) is 11.1 Å². The van der Waals surface area contributed by atoms with Crippen molar-refractivity contribution in [3.8, 4) is 6.07 Å². The summed E-state index contributed by atoms with van der Waals surface area (Å²) in [6.45, 7) is 4.67. The predicted octanol–water partition coefficient (Wildman–Crippen LogP) is 2.20. The minimum Gasteiger partial charge on any atom is -0.384 e. The van der Waals surface area contributed by atoms with Gasteiger partial charge in [-0.1, -0.05) is 6.07 Å². The van der Waals surface area contributed by atoms with Gasteiger partial charge in [-0.2, -0.15) is 5.26 Å². The minimum atomic E-state index is 0.559. The van der Waals surface area contributed by atoms with Crippen molar-refractivity contribution >= 4 is 5.82 Å². The van der Waals surface area contributed by atoms with E-state index in [4.69, 9.17) is 11.0 Å². The second-order valence-corrected chi connectivity index (χ2v) is 4.31. The summed E-state index contributed by atoms with van der Waals surface area (Å²) >= 11 is 0. The molecule has 0 aliphatic carbocycles. The van der Waals surface area contributed by atoms with Gasteiger partial charge in [0.1, 0.15) is 11.9 Å². The average molecular weight is 240 g/mol. The number of aryl methyl sites for hydroxylation is 1. The fourth-order valence-electron chi connectivity index (χ4n) is 2.09. The van der Waals surface area contributed by atoms with Gasteiger partial charge < -0.3 is 10.3 Å². The molecule has 92 valence electrons. The summed E-state index contributed by atoms with van der Waals surface area (Å²) in [6.07, 6.45) is 2.60. The van der Waals surface area contributed by atoms with E-state index in [0.717, 1.165) is 29.9 Å². The van der Waals surface area contributed by atoms with Crippen LogP contribution in [0.3, 0.4) is 0 Å². The molecule has 0 radical (unpaired) electrons.